The summed E-state index contributed by atoms with van der Waals surface area (Å²) in [6.07, 6.45) is 0. The number of fused-ring (bicyclic) bond motifs is 2. The number of hydrogen-bond acceptors (Lipinski definition) is 15. The van der Waals surface area contributed by atoms with Gasteiger partial charge in [0.05, 0.1) is 44.3 Å². The molecule has 8 rings (SSSR count). The molecule has 0 saturated carbocycles. The summed E-state index contributed by atoms with van der Waals surface area (Å²) in [4.78, 5) is 25.3. The van der Waals surface area contributed by atoms with Crippen LogP contribution < -0.4 is 25.2 Å². The van der Waals surface area contributed by atoms with Crippen LogP contribution in [0.5, 0.6) is 23.0 Å². The van der Waals surface area contributed by atoms with Crippen molar-refractivity contribution in [1.29, 1.82) is 0 Å². The van der Waals surface area contributed by atoms with E-state index in [0.717, 1.165) is 12.1 Å². The molecule has 8 aromatic rings. The fourth-order valence-corrected chi connectivity index (χ4v) is 9.35. The normalized spacial score (nSPS) is 11.5. The molecule has 0 aromatic heterocycles. The van der Waals surface area contributed by atoms with Crippen LogP contribution in [0.4, 0.5) is 34.1 Å². The van der Waals surface area contributed by atoms with E-state index in [1.54, 1.807) is 103 Å². The van der Waals surface area contributed by atoms with Crippen LogP contribution in [0.15, 0.2) is 164 Å². The van der Waals surface area contributed by atoms with E-state index in [4.69, 9.17) is 32.7 Å². The number of benzene rings is 8. The van der Waals surface area contributed by atoms with Gasteiger partial charge >= 0.3 is 37.7 Å². The van der Waals surface area contributed by atoms with Crippen molar-refractivity contribution in [3.8, 4) is 23.0 Å². The quantitative estimate of drug-likeness (QED) is 0.0449. The summed E-state index contributed by atoms with van der Waals surface area (Å²) >= 11 is 12.3. The molecule has 2 amide bonds. The molecule has 18 nitrogen and oxygen atoms in total. The number of carbonyl (C=O) groups excluding carboxylic acids is 2. The van der Waals surface area contributed by atoms with Gasteiger partial charge in [0.25, 0.3) is 21.9 Å². The summed E-state index contributed by atoms with van der Waals surface area (Å²) < 4.78 is 77.5. The summed E-state index contributed by atoms with van der Waals surface area (Å²) in [6, 6.07) is 35.1. The van der Waals surface area contributed by atoms with Gasteiger partial charge in [-0.05, 0) is 135 Å². The van der Waals surface area contributed by atoms with Crippen LogP contribution in [0.2, 0.25) is 10.0 Å². The van der Waals surface area contributed by atoms with Crippen molar-refractivity contribution in [2.45, 2.75) is 37.5 Å². The summed E-state index contributed by atoms with van der Waals surface area (Å²) in [5.41, 5.74) is 1.25. The number of anilines is 2. The number of nitrogens with one attached hydrogen (secondary N) is 2. The Balaban J connectivity index is 0.000000241. The summed E-state index contributed by atoms with van der Waals surface area (Å²) in [5, 5.41) is 48.2. The van der Waals surface area contributed by atoms with Crippen molar-refractivity contribution in [3.05, 3.63) is 166 Å². The first-order valence-corrected chi connectivity index (χ1v) is 25.7. The van der Waals surface area contributed by atoms with Crippen LogP contribution in [-0.2, 0) is 20.2 Å². The number of amides is 2. The van der Waals surface area contributed by atoms with Crippen molar-refractivity contribution in [1.82, 2.24) is 0 Å². The Bertz CT molecular complexity index is 3530. The van der Waals surface area contributed by atoms with Gasteiger partial charge in [-0.2, -0.15) is 13.5 Å². The molecule has 0 spiro atoms. The van der Waals surface area contributed by atoms with Crippen molar-refractivity contribution in [3.63, 3.8) is 0 Å². The summed E-state index contributed by atoms with van der Waals surface area (Å²) in [6.45, 7) is 7.64. The molecule has 0 heterocycles. The van der Waals surface area contributed by atoms with E-state index in [2.05, 4.69) is 31.1 Å². The molecular weight excluding hydrogens is 1080 g/mol. The van der Waals surface area contributed by atoms with Gasteiger partial charge in [-0.1, -0.05) is 77.5 Å². The third-order valence-corrected chi connectivity index (χ3v) is 13.4. The molecule has 75 heavy (non-hydrogen) atoms. The molecule has 8 aromatic carbocycles. The Kier molecular flexibility index (Phi) is 19.0. The monoisotopic (exact) mass is 1120 g/mol. The van der Waals surface area contributed by atoms with Gasteiger partial charge in [-0.25, -0.2) is 8.42 Å². The van der Waals surface area contributed by atoms with E-state index in [9.17, 15) is 45.7 Å². The average Bonchev–Trinajstić information content (AvgIpc) is 3.35. The second-order valence-electron chi connectivity index (χ2n) is 16.0. The SMILES string of the molecule is CCOc1ccc(NC(=O)c2cc3ccccc3c(N=Nc3cc(C)c(S(=O)(=O)O)cc3Cl)c2O)cc1.CCOc1ccc(NC(=O)c2cc3ccccc3c(N=Nc3cc(C)c(S(=O)(=O)[O-])cc3Cl)c2[O-])cc1.[Ca+2]. The van der Waals surface area contributed by atoms with E-state index in [0.29, 0.717) is 57.6 Å². The van der Waals surface area contributed by atoms with E-state index < -0.39 is 48.4 Å². The Labute approximate surface area is 470 Å². The minimum Gasteiger partial charge on any atom is -0.870 e. The van der Waals surface area contributed by atoms with Gasteiger partial charge < -0.3 is 34.9 Å². The van der Waals surface area contributed by atoms with Gasteiger partial charge in [0.15, 0.2) is 5.75 Å². The van der Waals surface area contributed by atoms with Gasteiger partial charge in [0.1, 0.15) is 38.7 Å². The van der Waals surface area contributed by atoms with E-state index in [1.807, 2.05) is 13.8 Å². The first-order valence-electron chi connectivity index (χ1n) is 22.1. The minimum absolute atomic E-state index is 0. The first-order chi connectivity index (χ1) is 35.2. The molecule has 0 aliphatic carbocycles. The van der Waals surface area contributed by atoms with E-state index >= 15 is 0 Å². The largest absolute Gasteiger partial charge is 2.00 e. The van der Waals surface area contributed by atoms with Crippen LogP contribution in [-0.4, -0.2) is 93.8 Å². The molecule has 0 atom stereocenters. The van der Waals surface area contributed by atoms with E-state index in [1.165, 1.54) is 32.0 Å². The number of halogens is 2. The predicted molar refractivity (Wildman–Crippen MR) is 284 cm³/mol. The van der Waals surface area contributed by atoms with Crippen LogP contribution in [0.3, 0.4) is 0 Å². The maximum absolute atomic E-state index is 13.3. The fraction of sp³-hybridized carbons (Fsp3) is 0.115. The molecule has 4 N–H and O–H groups in total. The molecule has 0 radical (unpaired) electrons. The standard InChI is InChI=1S/2C26H22ClN3O6S.Ca/c2*1-3-36-18-10-8-17(9-11-18)28-26(32)20-13-16-6-4-5-7-19(16)24(25(20)31)30-29-22-12-15(2)23(14-21(22)27)37(33,34)35;/h2*4-14,31H,3H2,1-2H3,(H,28,32)(H,33,34,35);/q;;+2/p-2. The van der Waals surface area contributed by atoms with Crippen LogP contribution >= 0.6 is 23.2 Å². The number of carbonyl (C=O) groups is 2. The van der Waals surface area contributed by atoms with E-state index in [-0.39, 0.29) is 97.7 Å². The topological polar surface area (TPSA) is 281 Å². The summed E-state index contributed by atoms with van der Waals surface area (Å²) in [7, 11) is -9.20. The van der Waals surface area contributed by atoms with Crippen LogP contribution in [0.1, 0.15) is 45.7 Å². The first kappa shape index (κ1) is 57.6. The van der Waals surface area contributed by atoms with Crippen molar-refractivity contribution in [2.24, 2.45) is 20.5 Å². The third kappa shape index (κ3) is 14.0. The smallest absolute Gasteiger partial charge is 0.870 e. The van der Waals surface area contributed by atoms with Gasteiger partial charge in [0.2, 0.25) is 0 Å². The zero-order valence-corrected chi connectivity index (χ0v) is 45.5. The zero-order valence-electron chi connectivity index (χ0n) is 40.2. The number of phenols is 1. The van der Waals surface area contributed by atoms with Gasteiger partial charge in [-0.15, -0.1) is 15.3 Å². The minimum atomic E-state index is -4.73. The second kappa shape index (κ2) is 24.7. The van der Waals surface area contributed by atoms with Crippen molar-refractivity contribution in [2.75, 3.05) is 23.8 Å². The number of phenolic OH excluding ortho intramolecular Hbond substituents is 1. The Morgan fingerprint density at radius 3 is 1.48 bits per heavy atom. The number of ether oxygens (including phenoxy) is 2. The molecular formula is C52H42CaCl2N6O12S2. The number of aryl methyl sites for hydroxylation is 2. The molecule has 23 heteroatoms. The Hall–Kier alpha value is -6.72. The zero-order chi connectivity index (χ0) is 53.5. The molecule has 0 bridgehead atoms. The Morgan fingerprint density at radius 2 is 1.01 bits per heavy atom. The fourth-order valence-electron chi connectivity index (χ4n) is 7.37. The number of rotatable bonds is 14. The van der Waals surface area contributed by atoms with Gasteiger partial charge in [-0.3, -0.25) is 14.1 Å². The predicted octanol–water partition coefficient (Wildman–Crippen LogP) is 12.3. The maximum atomic E-state index is 13.3. The van der Waals surface area contributed by atoms with Crippen molar-refractivity contribution >= 4 is 149 Å². The van der Waals surface area contributed by atoms with Crippen molar-refractivity contribution < 1.29 is 55.2 Å². The average molecular weight is 1120 g/mol. The number of azo groups is 2. The molecule has 0 unspecified atom stereocenters. The maximum Gasteiger partial charge on any atom is 2.00 e. The molecule has 0 aliphatic heterocycles. The van der Waals surface area contributed by atoms with Crippen LogP contribution in [0.25, 0.3) is 21.5 Å². The molecule has 0 fully saturated rings. The summed E-state index contributed by atoms with van der Waals surface area (Å²) in [5.74, 6) is -0.931. The number of hydrogen-bond donors (Lipinski definition) is 4. The Morgan fingerprint density at radius 1 is 0.600 bits per heavy atom. The molecule has 0 aliphatic rings. The molecule has 380 valence electrons. The van der Waals surface area contributed by atoms with Crippen LogP contribution in [0, 0.1) is 13.8 Å². The number of aromatic hydroxyl groups is 1. The van der Waals surface area contributed by atoms with Gasteiger partial charge in [0, 0.05) is 27.7 Å². The second-order valence-corrected chi connectivity index (χ2v) is 19.5. The number of nitrogens with zero attached hydrogens (tertiary/aromatic N) is 4. The molecule has 0 saturated heterocycles. The third-order valence-electron chi connectivity index (χ3n) is 10.9.